The normalized spacial score (nSPS) is 11.0. The van der Waals surface area contributed by atoms with Crippen LogP contribution in [0, 0.1) is 6.92 Å². The molecule has 0 aliphatic heterocycles. The molecule has 7 nitrogen and oxygen atoms in total. The molecule has 0 aliphatic carbocycles. The van der Waals surface area contributed by atoms with Crippen LogP contribution in [0.3, 0.4) is 0 Å². The van der Waals surface area contributed by atoms with Gasteiger partial charge in [0.05, 0.1) is 19.3 Å². The quantitative estimate of drug-likeness (QED) is 0.717. The number of benzene rings is 1. The Morgan fingerprint density at radius 1 is 1.21 bits per heavy atom. The molecule has 7 heteroatoms. The molecule has 0 spiro atoms. The minimum absolute atomic E-state index is 0.136. The van der Waals surface area contributed by atoms with Crippen LogP contribution < -0.4 is 4.74 Å². The van der Waals surface area contributed by atoms with Crippen molar-refractivity contribution < 1.29 is 9.84 Å². The summed E-state index contributed by atoms with van der Waals surface area (Å²) in [6.45, 7) is 3.39. The lowest BCUT2D eigenvalue weighted by Crippen LogP contribution is -2.08. The van der Waals surface area contributed by atoms with Gasteiger partial charge in [-0.25, -0.2) is 0 Å². The van der Waals surface area contributed by atoms with Crippen LogP contribution in [0.1, 0.15) is 17.7 Å². The van der Waals surface area contributed by atoms with E-state index in [-0.39, 0.29) is 6.61 Å². The van der Waals surface area contributed by atoms with Crippen molar-refractivity contribution in [2.75, 3.05) is 13.7 Å². The molecule has 0 atom stereocenters. The lowest BCUT2D eigenvalue weighted by atomic mass is 10.2. The number of hydrogen-bond acceptors (Lipinski definition) is 5. The molecule has 0 bridgehead atoms. The molecule has 0 saturated carbocycles. The molecule has 0 aliphatic rings. The first-order valence-corrected chi connectivity index (χ1v) is 7.87. The van der Waals surface area contributed by atoms with Gasteiger partial charge in [-0.1, -0.05) is 12.1 Å². The summed E-state index contributed by atoms with van der Waals surface area (Å²) in [5, 5.41) is 21.9. The molecule has 24 heavy (non-hydrogen) atoms. The molecule has 3 aromatic rings. The smallest absolute Gasteiger partial charge is 0.182 e. The van der Waals surface area contributed by atoms with Crippen molar-refractivity contribution in [2.45, 2.75) is 26.4 Å². The van der Waals surface area contributed by atoms with Gasteiger partial charge in [0.1, 0.15) is 17.8 Å². The van der Waals surface area contributed by atoms with E-state index in [1.54, 1.807) is 13.4 Å². The number of nitrogens with zero attached hydrogens (tertiary/aromatic N) is 5. The van der Waals surface area contributed by atoms with Crippen molar-refractivity contribution in [3.05, 3.63) is 47.9 Å². The molecule has 0 saturated heterocycles. The molecule has 0 unspecified atom stereocenters. The Balaban J connectivity index is 1.87. The summed E-state index contributed by atoms with van der Waals surface area (Å²) < 4.78 is 9.06. The van der Waals surface area contributed by atoms with Gasteiger partial charge in [0.2, 0.25) is 0 Å². The third kappa shape index (κ3) is 3.46. The van der Waals surface area contributed by atoms with Gasteiger partial charge in [-0.2, -0.15) is 5.10 Å². The fraction of sp³-hybridized carbons (Fsp3) is 0.353. The molecule has 0 fully saturated rings. The van der Waals surface area contributed by atoms with Crippen LogP contribution in [0.25, 0.3) is 11.5 Å². The Labute approximate surface area is 140 Å². The Bertz CT molecular complexity index is 792. The highest BCUT2D eigenvalue weighted by Crippen LogP contribution is 2.20. The molecular formula is C17H21N5O2. The van der Waals surface area contributed by atoms with E-state index in [0.717, 1.165) is 28.5 Å². The molecule has 2 aromatic heterocycles. The zero-order valence-corrected chi connectivity index (χ0v) is 13.9. The van der Waals surface area contributed by atoms with Crippen LogP contribution in [-0.2, 0) is 13.1 Å². The largest absolute Gasteiger partial charge is 0.497 e. The Morgan fingerprint density at radius 2 is 2.00 bits per heavy atom. The number of methoxy groups -OCH3 is 1. The highest BCUT2D eigenvalue weighted by molar-refractivity contribution is 5.50. The summed E-state index contributed by atoms with van der Waals surface area (Å²) in [4.78, 5) is 0. The number of aliphatic hydroxyl groups is 1. The molecule has 2 heterocycles. The minimum atomic E-state index is 0.136. The first kappa shape index (κ1) is 16.2. The standard InChI is InChI=1S/C17H21N5O2/c1-13-10-16(22(20-13)8-3-9-23)17-19-18-12-21(17)11-14-4-6-15(24-2)7-5-14/h4-7,10,12,23H,3,8-9,11H2,1-2H3. The highest BCUT2D eigenvalue weighted by Gasteiger charge is 2.14. The van der Waals surface area contributed by atoms with Crippen LogP contribution in [0.2, 0.25) is 0 Å². The average Bonchev–Trinajstić information content (AvgIpc) is 3.19. The molecule has 0 amide bonds. The van der Waals surface area contributed by atoms with Gasteiger partial charge < -0.3 is 14.4 Å². The lowest BCUT2D eigenvalue weighted by Gasteiger charge is -2.09. The van der Waals surface area contributed by atoms with E-state index in [4.69, 9.17) is 9.84 Å². The molecule has 1 aromatic carbocycles. The van der Waals surface area contributed by atoms with Crippen molar-refractivity contribution in [3.63, 3.8) is 0 Å². The Hall–Kier alpha value is -2.67. The minimum Gasteiger partial charge on any atom is -0.497 e. The van der Waals surface area contributed by atoms with Crippen molar-refractivity contribution in [2.24, 2.45) is 0 Å². The number of ether oxygens (including phenoxy) is 1. The van der Waals surface area contributed by atoms with Crippen molar-refractivity contribution in [1.29, 1.82) is 0 Å². The van der Waals surface area contributed by atoms with E-state index in [9.17, 15) is 0 Å². The number of rotatable bonds is 7. The van der Waals surface area contributed by atoms with Crippen LogP contribution in [-0.4, -0.2) is 43.4 Å². The van der Waals surface area contributed by atoms with E-state index < -0.39 is 0 Å². The SMILES string of the molecule is COc1ccc(Cn2cnnc2-c2cc(C)nn2CCCO)cc1. The summed E-state index contributed by atoms with van der Waals surface area (Å²) in [5.41, 5.74) is 2.96. The van der Waals surface area contributed by atoms with Gasteiger partial charge >= 0.3 is 0 Å². The third-order valence-corrected chi connectivity index (χ3v) is 3.79. The van der Waals surface area contributed by atoms with E-state index in [1.807, 2.05) is 46.5 Å². The van der Waals surface area contributed by atoms with Crippen LogP contribution in [0.5, 0.6) is 5.75 Å². The van der Waals surface area contributed by atoms with Crippen LogP contribution >= 0.6 is 0 Å². The number of aromatic nitrogens is 5. The summed E-state index contributed by atoms with van der Waals surface area (Å²) in [6.07, 6.45) is 2.37. The number of aryl methyl sites for hydroxylation is 2. The summed E-state index contributed by atoms with van der Waals surface area (Å²) in [7, 11) is 1.66. The van der Waals surface area contributed by atoms with Gasteiger partial charge in [0.15, 0.2) is 5.82 Å². The van der Waals surface area contributed by atoms with Gasteiger partial charge in [-0.15, -0.1) is 10.2 Å². The molecule has 3 rings (SSSR count). The van der Waals surface area contributed by atoms with Gasteiger partial charge in [-0.3, -0.25) is 4.68 Å². The highest BCUT2D eigenvalue weighted by atomic mass is 16.5. The van der Waals surface area contributed by atoms with Crippen molar-refractivity contribution in [3.8, 4) is 17.3 Å². The second-order valence-corrected chi connectivity index (χ2v) is 5.60. The van der Waals surface area contributed by atoms with Crippen LogP contribution in [0.15, 0.2) is 36.7 Å². The third-order valence-electron chi connectivity index (χ3n) is 3.79. The fourth-order valence-electron chi connectivity index (χ4n) is 2.61. The first-order chi connectivity index (χ1) is 11.7. The van der Waals surface area contributed by atoms with Gasteiger partial charge in [0, 0.05) is 13.2 Å². The lowest BCUT2D eigenvalue weighted by molar-refractivity contribution is 0.277. The summed E-state index contributed by atoms with van der Waals surface area (Å²) >= 11 is 0. The maximum atomic E-state index is 9.06. The molecule has 126 valence electrons. The predicted molar refractivity (Wildman–Crippen MR) is 89.8 cm³/mol. The molecule has 1 N–H and O–H groups in total. The zero-order valence-electron chi connectivity index (χ0n) is 13.9. The van der Waals surface area contributed by atoms with E-state index in [0.29, 0.717) is 19.5 Å². The number of aliphatic hydroxyl groups excluding tert-OH is 1. The fourth-order valence-corrected chi connectivity index (χ4v) is 2.61. The maximum Gasteiger partial charge on any atom is 0.182 e. The maximum absolute atomic E-state index is 9.06. The first-order valence-electron chi connectivity index (χ1n) is 7.87. The Kier molecular flexibility index (Phi) is 4.90. The predicted octanol–water partition coefficient (Wildman–Crippen LogP) is 1.89. The summed E-state index contributed by atoms with van der Waals surface area (Å²) in [6, 6.07) is 9.92. The Morgan fingerprint density at radius 3 is 2.71 bits per heavy atom. The monoisotopic (exact) mass is 327 g/mol. The van der Waals surface area contributed by atoms with Gasteiger partial charge in [-0.05, 0) is 37.1 Å². The second kappa shape index (κ2) is 7.27. The van der Waals surface area contributed by atoms with E-state index in [2.05, 4.69) is 15.3 Å². The summed E-state index contributed by atoms with van der Waals surface area (Å²) in [5.74, 6) is 1.60. The molecular weight excluding hydrogens is 306 g/mol. The van der Waals surface area contributed by atoms with Gasteiger partial charge in [0.25, 0.3) is 0 Å². The second-order valence-electron chi connectivity index (χ2n) is 5.60. The van der Waals surface area contributed by atoms with E-state index >= 15 is 0 Å². The van der Waals surface area contributed by atoms with Crippen molar-refractivity contribution in [1.82, 2.24) is 24.5 Å². The van der Waals surface area contributed by atoms with Crippen molar-refractivity contribution >= 4 is 0 Å². The molecule has 0 radical (unpaired) electrons. The van der Waals surface area contributed by atoms with E-state index in [1.165, 1.54) is 0 Å². The number of hydrogen-bond donors (Lipinski definition) is 1. The topological polar surface area (TPSA) is 78.0 Å². The average molecular weight is 327 g/mol. The zero-order chi connectivity index (χ0) is 16.9. The van der Waals surface area contributed by atoms with Crippen LogP contribution in [0.4, 0.5) is 0 Å².